The minimum atomic E-state index is -0.0676. The first kappa shape index (κ1) is 15.9. The second kappa shape index (κ2) is 7.05. The van der Waals surface area contributed by atoms with Crippen molar-refractivity contribution < 1.29 is 4.79 Å². The zero-order valence-electron chi connectivity index (χ0n) is 13.5. The Morgan fingerprint density at radius 3 is 2.52 bits per heavy atom. The Morgan fingerprint density at radius 1 is 1.09 bits per heavy atom. The predicted molar refractivity (Wildman–Crippen MR) is 97.5 cm³/mol. The van der Waals surface area contributed by atoms with Crippen LogP contribution >= 0.6 is 11.8 Å². The molecule has 0 bridgehead atoms. The number of carbonyl (C=O) groups is 1. The lowest BCUT2D eigenvalue weighted by molar-refractivity contribution is -0.128. The molecule has 0 saturated heterocycles. The van der Waals surface area contributed by atoms with Gasteiger partial charge in [-0.3, -0.25) is 4.79 Å². The smallest absolute Gasteiger partial charge is 0.236 e. The Morgan fingerprint density at radius 2 is 1.78 bits per heavy atom. The molecule has 0 radical (unpaired) electrons. The number of thioether (sulfide) groups is 1. The molecule has 0 aliphatic carbocycles. The normalized spacial score (nSPS) is 15.4. The summed E-state index contributed by atoms with van der Waals surface area (Å²) in [5.74, 6) is 0.207. The van der Waals surface area contributed by atoms with Gasteiger partial charge in [0, 0.05) is 18.0 Å². The van der Waals surface area contributed by atoms with Crippen LogP contribution in [-0.2, 0) is 4.79 Å². The highest BCUT2D eigenvalue weighted by Gasteiger charge is 2.25. The van der Waals surface area contributed by atoms with Gasteiger partial charge in [-0.2, -0.15) is 0 Å². The van der Waals surface area contributed by atoms with E-state index in [0.717, 1.165) is 4.90 Å². The topological polar surface area (TPSA) is 20.3 Å². The largest absolute Gasteiger partial charge is 0.334 e. The van der Waals surface area contributed by atoms with Crippen LogP contribution in [0, 0.1) is 6.92 Å². The number of amides is 1. The van der Waals surface area contributed by atoms with E-state index in [4.69, 9.17) is 0 Å². The SMILES string of the molecule is Cc1ccccc1C1=CCN(C(=O)C(C)Sc2ccccc2)C1. The highest BCUT2D eigenvalue weighted by atomic mass is 32.2. The van der Waals surface area contributed by atoms with Crippen LogP contribution in [0.15, 0.2) is 65.6 Å². The van der Waals surface area contributed by atoms with Crippen molar-refractivity contribution in [2.75, 3.05) is 13.1 Å². The molecule has 0 saturated carbocycles. The van der Waals surface area contributed by atoms with E-state index < -0.39 is 0 Å². The van der Waals surface area contributed by atoms with E-state index in [1.54, 1.807) is 11.8 Å². The minimum absolute atomic E-state index is 0.0676. The van der Waals surface area contributed by atoms with Gasteiger partial charge in [-0.15, -0.1) is 11.8 Å². The molecule has 1 heterocycles. The van der Waals surface area contributed by atoms with E-state index in [-0.39, 0.29) is 11.2 Å². The van der Waals surface area contributed by atoms with E-state index in [1.807, 2.05) is 30.0 Å². The van der Waals surface area contributed by atoms with Crippen molar-refractivity contribution in [2.24, 2.45) is 0 Å². The molecular formula is C20H21NOS. The number of benzene rings is 2. The molecular weight excluding hydrogens is 302 g/mol. The van der Waals surface area contributed by atoms with Crippen LogP contribution in [0.25, 0.3) is 5.57 Å². The summed E-state index contributed by atoms with van der Waals surface area (Å²) in [5.41, 5.74) is 3.78. The molecule has 2 aromatic carbocycles. The highest BCUT2D eigenvalue weighted by Crippen LogP contribution is 2.28. The lowest BCUT2D eigenvalue weighted by Crippen LogP contribution is -2.34. The fraction of sp³-hybridized carbons (Fsp3) is 0.250. The van der Waals surface area contributed by atoms with Gasteiger partial charge in [0.2, 0.25) is 5.91 Å². The van der Waals surface area contributed by atoms with Gasteiger partial charge in [0.05, 0.1) is 5.25 Å². The third-order valence-electron chi connectivity index (χ3n) is 4.13. The maximum atomic E-state index is 12.7. The average Bonchev–Trinajstić information content (AvgIpc) is 3.05. The molecule has 3 heteroatoms. The van der Waals surface area contributed by atoms with Crippen LogP contribution < -0.4 is 0 Å². The number of carbonyl (C=O) groups excluding carboxylic acids is 1. The van der Waals surface area contributed by atoms with Crippen LogP contribution in [0.1, 0.15) is 18.1 Å². The van der Waals surface area contributed by atoms with Crippen molar-refractivity contribution in [3.05, 3.63) is 71.8 Å². The van der Waals surface area contributed by atoms with Crippen LogP contribution in [-0.4, -0.2) is 29.1 Å². The summed E-state index contributed by atoms with van der Waals surface area (Å²) in [4.78, 5) is 15.8. The first-order valence-corrected chi connectivity index (χ1v) is 8.78. The monoisotopic (exact) mass is 323 g/mol. The Labute approximate surface area is 142 Å². The lowest BCUT2D eigenvalue weighted by atomic mass is 10.0. The quantitative estimate of drug-likeness (QED) is 0.777. The van der Waals surface area contributed by atoms with Crippen molar-refractivity contribution in [3.8, 4) is 0 Å². The maximum Gasteiger partial charge on any atom is 0.236 e. The fourth-order valence-corrected chi connectivity index (χ4v) is 3.83. The molecule has 0 N–H and O–H groups in total. The number of hydrogen-bond acceptors (Lipinski definition) is 2. The lowest BCUT2D eigenvalue weighted by Gasteiger charge is -2.21. The second-order valence-electron chi connectivity index (χ2n) is 5.84. The zero-order chi connectivity index (χ0) is 16.2. The summed E-state index contributed by atoms with van der Waals surface area (Å²) in [5, 5.41) is -0.0676. The summed E-state index contributed by atoms with van der Waals surface area (Å²) in [6.45, 7) is 5.53. The average molecular weight is 323 g/mol. The predicted octanol–water partition coefficient (Wildman–Crippen LogP) is 4.40. The van der Waals surface area contributed by atoms with Gasteiger partial charge in [-0.1, -0.05) is 48.5 Å². The van der Waals surface area contributed by atoms with Crippen molar-refractivity contribution in [2.45, 2.75) is 24.0 Å². The molecule has 1 unspecified atom stereocenters. The zero-order valence-corrected chi connectivity index (χ0v) is 14.3. The molecule has 118 valence electrons. The first-order valence-electron chi connectivity index (χ1n) is 7.90. The molecule has 1 atom stereocenters. The third kappa shape index (κ3) is 3.67. The molecule has 0 spiro atoms. The molecule has 1 aliphatic rings. The molecule has 2 nitrogen and oxygen atoms in total. The maximum absolute atomic E-state index is 12.7. The Bertz CT molecular complexity index is 723. The third-order valence-corrected chi connectivity index (χ3v) is 5.23. The van der Waals surface area contributed by atoms with E-state index in [9.17, 15) is 4.79 Å². The summed E-state index contributed by atoms with van der Waals surface area (Å²) in [6, 6.07) is 18.5. The summed E-state index contributed by atoms with van der Waals surface area (Å²) < 4.78 is 0. The summed E-state index contributed by atoms with van der Waals surface area (Å²) in [6.07, 6.45) is 2.18. The first-order chi connectivity index (χ1) is 11.1. The Hall–Kier alpha value is -2.00. The molecule has 23 heavy (non-hydrogen) atoms. The van der Waals surface area contributed by atoms with Crippen LogP contribution in [0.4, 0.5) is 0 Å². The minimum Gasteiger partial charge on any atom is -0.334 e. The van der Waals surface area contributed by atoms with Crippen molar-refractivity contribution >= 4 is 23.2 Å². The molecule has 1 amide bonds. The van der Waals surface area contributed by atoms with E-state index >= 15 is 0 Å². The molecule has 0 fully saturated rings. The fourth-order valence-electron chi connectivity index (χ4n) is 2.86. The van der Waals surface area contributed by atoms with E-state index in [0.29, 0.717) is 13.1 Å². The number of hydrogen-bond donors (Lipinski definition) is 0. The Balaban J connectivity index is 1.63. The summed E-state index contributed by atoms with van der Waals surface area (Å²) >= 11 is 1.62. The van der Waals surface area contributed by atoms with Gasteiger partial charge in [0.15, 0.2) is 0 Å². The van der Waals surface area contributed by atoms with Crippen molar-refractivity contribution in [1.82, 2.24) is 4.90 Å². The van der Waals surface area contributed by atoms with Crippen LogP contribution in [0.2, 0.25) is 0 Å². The highest BCUT2D eigenvalue weighted by molar-refractivity contribution is 8.00. The second-order valence-corrected chi connectivity index (χ2v) is 7.25. The van der Waals surface area contributed by atoms with E-state index in [2.05, 4.69) is 49.4 Å². The van der Waals surface area contributed by atoms with Gasteiger partial charge in [-0.05, 0) is 42.7 Å². The number of aryl methyl sites for hydroxylation is 1. The van der Waals surface area contributed by atoms with Gasteiger partial charge in [0.1, 0.15) is 0 Å². The van der Waals surface area contributed by atoms with Crippen LogP contribution in [0.5, 0.6) is 0 Å². The van der Waals surface area contributed by atoms with Crippen molar-refractivity contribution in [3.63, 3.8) is 0 Å². The van der Waals surface area contributed by atoms with Gasteiger partial charge in [-0.25, -0.2) is 0 Å². The van der Waals surface area contributed by atoms with E-state index in [1.165, 1.54) is 16.7 Å². The Kier molecular flexibility index (Phi) is 4.87. The summed E-state index contributed by atoms with van der Waals surface area (Å²) in [7, 11) is 0. The molecule has 1 aliphatic heterocycles. The van der Waals surface area contributed by atoms with Crippen LogP contribution in [0.3, 0.4) is 0 Å². The molecule has 2 aromatic rings. The van der Waals surface area contributed by atoms with Crippen molar-refractivity contribution in [1.29, 1.82) is 0 Å². The standard InChI is InChI=1S/C20H21NOS/c1-15-8-6-7-11-19(15)17-12-13-21(14-17)20(22)16(2)23-18-9-4-3-5-10-18/h3-12,16H,13-14H2,1-2H3. The number of nitrogens with zero attached hydrogens (tertiary/aromatic N) is 1. The number of rotatable bonds is 4. The van der Waals surface area contributed by atoms with Gasteiger partial charge in [0.25, 0.3) is 0 Å². The van der Waals surface area contributed by atoms with Gasteiger partial charge >= 0.3 is 0 Å². The molecule has 3 rings (SSSR count). The molecule has 0 aromatic heterocycles. The van der Waals surface area contributed by atoms with Gasteiger partial charge < -0.3 is 4.90 Å².